The minimum absolute atomic E-state index is 0.00971. The van der Waals surface area contributed by atoms with E-state index >= 15 is 0 Å². The molecule has 3 aromatic rings. The van der Waals surface area contributed by atoms with Crippen LogP contribution < -0.4 is 10.2 Å². The maximum absolute atomic E-state index is 12.9. The molecule has 0 aliphatic carbocycles. The highest BCUT2D eigenvalue weighted by Crippen LogP contribution is 2.22. The van der Waals surface area contributed by atoms with Gasteiger partial charge in [0.1, 0.15) is 6.54 Å². The number of thiazole rings is 1. The summed E-state index contributed by atoms with van der Waals surface area (Å²) in [5.41, 5.74) is 2.22. The molecular weight excluding hydrogens is 522 g/mol. The van der Waals surface area contributed by atoms with E-state index in [0.29, 0.717) is 41.0 Å². The van der Waals surface area contributed by atoms with Gasteiger partial charge in [-0.15, -0.1) is 11.3 Å². The van der Waals surface area contributed by atoms with E-state index in [1.54, 1.807) is 34.5 Å². The molecule has 0 atom stereocenters. The Morgan fingerprint density at radius 1 is 1.05 bits per heavy atom. The first-order valence-electron chi connectivity index (χ1n) is 12.7. The van der Waals surface area contributed by atoms with Crippen molar-refractivity contribution in [2.75, 3.05) is 49.5 Å². The Hall–Kier alpha value is -3.43. The van der Waals surface area contributed by atoms with Crippen molar-refractivity contribution in [3.63, 3.8) is 0 Å². The van der Waals surface area contributed by atoms with Crippen molar-refractivity contribution in [2.24, 2.45) is 5.92 Å². The number of amides is 3. The van der Waals surface area contributed by atoms with Crippen LogP contribution in [0.1, 0.15) is 29.9 Å². The van der Waals surface area contributed by atoms with Gasteiger partial charge in [-0.1, -0.05) is 49.7 Å². The normalized spacial score (nSPS) is 13.5. The number of anilines is 2. The highest BCUT2D eigenvalue weighted by molar-refractivity contribution is 7.13. The van der Waals surface area contributed by atoms with Crippen LogP contribution in [0.25, 0.3) is 0 Å². The van der Waals surface area contributed by atoms with Gasteiger partial charge in [0, 0.05) is 54.4 Å². The molecule has 1 aromatic heterocycles. The SMILES string of the molecule is CC(C)CN(CC(=O)Nc1nc(CC(=O)N2CCN(c3cccc(Cl)c3)CC2)cs1)C(=O)c1ccccc1. The monoisotopic (exact) mass is 553 g/mol. The molecule has 2 aromatic carbocycles. The van der Waals surface area contributed by atoms with E-state index in [2.05, 4.69) is 15.2 Å². The van der Waals surface area contributed by atoms with Crippen LogP contribution >= 0.6 is 22.9 Å². The standard InChI is InChI=1S/C28H32ClN5O3S/c1-20(2)17-34(27(37)21-7-4-3-5-8-21)18-25(35)31-28-30-23(19-38-28)16-26(36)33-13-11-32(12-14-33)24-10-6-9-22(29)15-24/h3-10,15,19-20H,11-14,16-18H2,1-2H3,(H,30,31,35). The van der Waals surface area contributed by atoms with Crippen molar-refractivity contribution < 1.29 is 14.4 Å². The van der Waals surface area contributed by atoms with Gasteiger partial charge in [0.2, 0.25) is 11.8 Å². The van der Waals surface area contributed by atoms with Crippen LogP contribution in [0.3, 0.4) is 0 Å². The number of halogens is 1. The maximum Gasteiger partial charge on any atom is 0.254 e. The third kappa shape index (κ3) is 7.55. The lowest BCUT2D eigenvalue weighted by Crippen LogP contribution is -2.49. The van der Waals surface area contributed by atoms with E-state index < -0.39 is 0 Å². The summed E-state index contributed by atoms with van der Waals surface area (Å²) in [5, 5.41) is 5.69. The molecule has 3 amide bonds. The molecule has 1 saturated heterocycles. The molecule has 4 rings (SSSR count). The van der Waals surface area contributed by atoms with Gasteiger partial charge in [-0.25, -0.2) is 4.98 Å². The fourth-order valence-electron chi connectivity index (χ4n) is 4.35. The van der Waals surface area contributed by atoms with Crippen LogP contribution in [-0.4, -0.2) is 71.8 Å². The minimum atomic E-state index is -0.320. The number of benzene rings is 2. The Kier molecular flexibility index (Phi) is 9.36. The van der Waals surface area contributed by atoms with Gasteiger partial charge in [-0.05, 0) is 36.2 Å². The van der Waals surface area contributed by atoms with Crippen LogP contribution in [0.15, 0.2) is 60.0 Å². The molecule has 200 valence electrons. The zero-order valence-corrected chi connectivity index (χ0v) is 23.2. The van der Waals surface area contributed by atoms with Gasteiger partial charge in [0.05, 0.1) is 12.1 Å². The molecule has 1 fully saturated rings. The van der Waals surface area contributed by atoms with Crippen molar-refractivity contribution in [3.8, 4) is 0 Å². The summed E-state index contributed by atoms with van der Waals surface area (Å²) in [4.78, 5) is 48.6. The Balaban J connectivity index is 1.28. The van der Waals surface area contributed by atoms with Crippen molar-refractivity contribution in [1.82, 2.24) is 14.8 Å². The molecule has 2 heterocycles. The predicted molar refractivity (Wildman–Crippen MR) is 152 cm³/mol. The zero-order valence-electron chi connectivity index (χ0n) is 21.6. The second kappa shape index (κ2) is 12.9. The zero-order chi connectivity index (χ0) is 27.1. The number of rotatable bonds is 9. The fraction of sp³-hybridized carbons (Fsp3) is 0.357. The number of hydrogen-bond donors (Lipinski definition) is 1. The quantitative estimate of drug-likeness (QED) is 0.424. The van der Waals surface area contributed by atoms with Crippen LogP contribution in [0, 0.1) is 5.92 Å². The smallest absolute Gasteiger partial charge is 0.254 e. The summed E-state index contributed by atoms with van der Waals surface area (Å²) in [6, 6.07) is 16.7. The lowest BCUT2D eigenvalue weighted by molar-refractivity contribution is -0.130. The molecule has 0 unspecified atom stereocenters. The van der Waals surface area contributed by atoms with Gasteiger partial charge in [0.15, 0.2) is 5.13 Å². The molecule has 8 nitrogen and oxygen atoms in total. The van der Waals surface area contributed by atoms with E-state index in [0.717, 1.165) is 18.8 Å². The number of nitrogens with zero attached hydrogens (tertiary/aromatic N) is 4. The first-order valence-corrected chi connectivity index (χ1v) is 13.9. The summed E-state index contributed by atoms with van der Waals surface area (Å²) in [6.45, 7) is 7.12. The molecule has 0 bridgehead atoms. The highest BCUT2D eigenvalue weighted by Gasteiger charge is 2.23. The third-order valence-corrected chi connectivity index (χ3v) is 7.21. The van der Waals surface area contributed by atoms with Crippen molar-refractivity contribution in [1.29, 1.82) is 0 Å². The summed E-state index contributed by atoms with van der Waals surface area (Å²) in [7, 11) is 0. The average molecular weight is 554 g/mol. The lowest BCUT2D eigenvalue weighted by Gasteiger charge is -2.36. The predicted octanol–water partition coefficient (Wildman–Crippen LogP) is 4.42. The molecular formula is C28H32ClN5O3S. The summed E-state index contributed by atoms with van der Waals surface area (Å²) < 4.78 is 0. The summed E-state index contributed by atoms with van der Waals surface area (Å²) >= 11 is 7.38. The maximum atomic E-state index is 12.9. The Morgan fingerprint density at radius 3 is 2.47 bits per heavy atom. The van der Waals surface area contributed by atoms with E-state index in [1.165, 1.54) is 11.3 Å². The highest BCUT2D eigenvalue weighted by atomic mass is 35.5. The number of hydrogen-bond acceptors (Lipinski definition) is 6. The summed E-state index contributed by atoms with van der Waals surface area (Å²) in [5.74, 6) is -0.287. The van der Waals surface area contributed by atoms with E-state index in [1.807, 2.05) is 49.1 Å². The Labute approximate surface area is 232 Å². The van der Waals surface area contributed by atoms with Gasteiger partial charge >= 0.3 is 0 Å². The Bertz CT molecular complexity index is 1260. The molecule has 0 spiro atoms. The molecule has 1 aliphatic heterocycles. The van der Waals surface area contributed by atoms with Crippen LogP contribution in [0.2, 0.25) is 5.02 Å². The number of aromatic nitrogens is 1. The molecule has 1 aliphatic rings. The van der Waals surface area contributed by atoms with Crippen molar-refractivity contribution in [3.05, 3.63) is 76.3 Å². The first kappa shape index (κ1) is 27.6. The average Bonchev–Trinajstić information content (AvgIpc) is 3.34. The van der Waals surface area contributed by atoms with Gasteiger partial charge in [-0.2, -0.15) is 0 Å². The molecule has 0 saturated carbocycles. The Morgan fingerprint density at radius 2 is 1.79 bits per heavy atom. The molecule has 1 N–H and O–H groups in total. The summed E-state index contributed by atoms with van der Waals surface area (Å²) in [6.07, 6.45) is 0.176. The molecule has 38 heavy (non-hydrogen) atoms. The number of nitrogens with one attached hydrogen (secondary N) is 1. The van der Waals surface area contributed by atoms with Gasteiger partial charge < -0.3 is 20.0 Å². The largest absolute Gasteiger partial charge is 0.368 e. The topological polar surface area (TPSA) is 85.8 Å². The fourth-order valence-corrected chi connectivity index (χ4v) is 5.27. The van der Waals surface area contributed by atoms with Crippen molar-refractivity contribution >= 4 is 51.5 Å². The van der Waals surface area contributed by atoms with Gasteiger partial charge in [0.25, 0.3) is 5.91 Å². The van der Waals surface area contributed by atoms with E-state index in [4.69, 9.17) is 11.6 Å². The van der Waals surface area contributed by atoms with Crippen molar-refractivity contribution in [2.45, 2.75) is 20.3 Å². The lowest BCUT2D eigenvalue weighted by atomic mass is 10.1. The van der Waals surface area contributed by atoms with E-state index in [9.17, 15) is 14.4 Å². The molecule has 0 radical (unpaired) electrons. The van der Waals surface area contributed by atoms with Crippen LogP contribution in [-0.2, 0) is 16.0 Å². The van der Waals surface area contributed by atoms with Crippen LogP contribution in [0.5, 0.6) is 0 Å². The van der Waals surface area contributed by atoms with Gasteiger partial charge in [-0.3, -0.25) is 14.4 Å². The van der Waals surface area contributed by atoms with E-state index in [-0.39, 0.29) is 36.6 Å². The minimum Gasteiger partial charge on any atom is -0.368 e. The number of carbonyl (C=O) groups excluding carboxylic acids is 3. The van der Waals surface area contributed by atoms with Crippen LogP contribution in [0.4, 0.5) is 10.8 Å². The second-order valence-corrected chi connectivity index (χ2v) is 11.0. The first-order chi connectivity index (χ1) is 18.3. The molecule has 10 heteroatoms. The number of piperazine rings is 1. The number of carbonyl (C=O) groups is 3. The second-order valence-electron chi connectivity index (χ2n) is 9.66. The third-order valence-electron chi connectivity index (χ3n) is 6.16.